The molecule has 2 fully saturated rings. The summed E-state index contributed by atoms with van der Waals surface area (Å²) in [5, 5.41) is 3.36. The van der Waals surface area contributed by atoms with Crippen LogP contribution in [0.4, 0.5) is 0 Å². The van der Waals surface area contributed by atoms with Gasteiger partial charge in [0.15, 0.2) is 0 Å². The molecule has 108 valence electrons. The van der Waals surface area contributed by atoms with Crippen LogP contribution in [0.25, 0.3) is 0 Å². The molecule has 5 heteroatoms. The zero-order valence-corrected chi connectivity index (χ0v) is 11.9. The molecule has 2 aliphatic heterocycles. The van der Waals surface area contributed by atoms with E-state index in [1.54, 1.807) is 32.4 Å². The van der Waals surface area contributed by atoms with Gasteiger partial charge in [0, 0.05) is 31.7 Å². The molecule has 1 aromatic carbocycles. The summed E-state index contributed by atoms with van der Waals surface area (Å²) in [6.45, 7) is 2.76. The summed E-state index contributed by atoms with van der Waals surface area (Å²) in [7, 11) is 3.18. The van der Waals surface area contributed by atoms with Gasteiger partial charge in [0.25, 0.3) is 5.91 Å². The third kappa shape index (κ3) is 2.12. The molecule has 1 amide bonds. The monoisotopic (exact) mass is 276 g/mol. The Morgan fingerprint density at radius 1 is 1.30 bits per heavy atom. The van der Waals surface area contributed by atoms with Crippen LogP contribution in [0.2, 0.25) is 0 Å². The van der Waals surface area contributed by atoms with Crippen molar-refractivity contribution in [1.82, 2.24) is 10.2 Å². The lowest BCUT2D eigenvalue weighted by Gasteiger charge is -2.24. The van der Waals surface area contributed by atoms with Gasteiger partial charge in [-0.3, -0.25) is 4.79 Å². The van der Waals surface area contributed by atoms with Crippen molar-refractivity contribution in [3.63, 3.8) is 0 Å². The topological polar surface area (TPSA) is 50.8 Å². The van der Waals surface area contributed by atoms with Crippen molar-refractivity contribution in [1.29, 1.82) is 0 Å². The highest BCUT2D eigenvalue weighted by Crippen LogP contribution is 2.31. The highest BCUT2D eigenvalue weighted by atomic mass is 16.5. The van der Waals surface area contributed by atoms with Crippen LogP contribution in [0.1, 0.15) is 16.8 Å². The van der Waals surface area contributed by atoms with Gasteiger partial charge in [-0.1, -0.05) is 0 Å². The first-order valence-electron chi connectivity index (χ1n) is 6.98. The van der Waals surface area contributed by atoms with Gasteiger partial charge in [0.2, 0.25) is 0 Å². The van der Waals surface area contributed by atoms with E-state index in [9.17, 15) is 4.79 Å². The van der Waals surface area contributed by atoms with Crippen molar-refractivity contribution in [3.8, 4) is 11.5 Å². The number of nitrogens with zero attached hydrogens (tertiary/aromatic N) is 1. The molecule has 1 aromatic rings. The fourth-order valence-electron chi connectivity index (χ4n) is 3.23. The Morgan fingerprint density at radius 2 is 2.15 bits per heavy atom. The number of rotatable bonds is 3. The summed E-state index contributed by atoms with van der Waals surface area (Å²) in [5.41, 5.74) is 0.612. The summed E-state index contributed by atoms with van der Waals surface area (Å²) in [5.74, 6) is 1.92. The van der Waals surface area contributed by atoms with Crippen LogP contribution in [0.3, 0.4) is 0 Å². The number of carbonyl (C=O) groups is 1. The zero-order chi connectivity index (χ0) is 14.1. The summed E-state index contributed by atoms with van der Waals surface area (Å²) in [4.78, 5) is 14.7. The molecule has 0 spiro atoms. The van der Waals surface area contributed by atoms with E-state index in [2.05, 4.69) is 5.32 Å². The van der Waals surface area contributed by atoms with Gasteiger partial charge in [0.1, 0.15) is 11.5 Å². The number of carbonyl (C=O) groups excluding carboxylic acids is 1. The Balaban J connectivity index is 1.87. The van der Waals surface area contributed by atoms with Gasteiger partial charge >= 0.3 is 0 Å². The largest absolute Gasteiger partial charge is 0.497 e. The molecule has 0 radical (unpaired) electrons. The molecule has 0 aromatic heterocycles. The smallest absolute Gasteiger partial charge is 0.257 e. The minimum Gasteiger partial charge on any atom is -0.497 e. The molecular weight excluding hydrogens is 256 g/mol. The number of hydrogen-bond acceptors (Lipinski definition) is 4. The molecule has 1 N–H and O–H groups in total. The minimum absolute atomic E-state index is 0.0562. The lowest BCUT2D eigenvalue weighted by Crippen LogP contribution is -2.39. The van der Waals surface area contributed by atoms with Gasteiger partial charge in [-0.25, -0.2) is 0 Å². The number of fused-ring (bicyclic) bond motifs is 1. The van der Waals surface area contributed by atoms with Crippen LogP contribution >= 0.6 is 0 Å². The molecule has 0 unspecified atom stereocenters. The second kappa shape index (κ2) is 5.32. The Labute approximate surface area is 118 Å². The summed E-state index contributed by atoms with van der Waals surface area (Å²) < 4.78 is 10.5. The maximum absolute atomic E-state index is 12.7. The van der Waals surface area contributed by atoms with Crippen LogP contribution in [-0.4, -0.2) is 50.7 Å². The first-order chi connectivity index (χ1) is 9.74. The Kier molecular flexibility index (Phi) is 3.53. The second-order valence-corrected chi connectivity index (χ2v) is 5.34. The Hall–Kier alpha value is -1.75. The predicted octanol–water partition coefficient (Wildman–Crippen LogP) is 1.14. The first-order valence-corrected chi connectivity index (χ1v) is 6.98. The number of nitrogens with one attached hydrogen (secondary N) is 1. The number of methoxy groups -OCH3 is 2. The van der Waals surface area contributed by atoms with E-state index in [0.717, 1.165) is 26.1 Å². The van der Waals surface area contributed by atoms with Gasteiger partial charge in [-0.2, -0.15) is 0 Å². The lowest BCUT2D eigenvalue weighted by molar-refractivity contribution is 0.0733. The van der Waals surface area contributed by atoms with Gasteiger partial charge in [0.05, 0.1) is 19.8 Å². The highest BCUT2D eigenvalue weighted by Gasteiger charge is 2.40. The van der Waals surface area contributed by atoms with Crippen molar-refractivity contribution < 1.29 is 14.3 Å². The van der Waals surface area contributed by atoms with E-state index in [4.69, 9.17) is 9.47 Å². The van der Waals surface area contributed by atoms with E-state index in [1.165, 1.54) is 0 Å². The lowest BCUT2D eigenvalue weighted by atomic mass is 10.0. The molecule has 5 nitrogen and oxygen atoms in total. The second-order valence-electron chi connectivity index (χ2n) is 5.34. The Morgan fingerprint density at radius 3 is 2.90 bits per heavy atom. The number of benzene rings is 1. The van der Waals surface area contributed by atoms with Gasteiger partial charge in [-0.05, 0) is 24.5 Å². The molecule has 2 aliphatic rings. The molecule has 2 atom stereocenters. The molecule has 0 saturated carbocycles. The molecule has 20 heavy (non-hydrogen) atoms. The van der Waals surface area contributed by atoms with Crippen molar-refractivity contribution >= 4 is 5.91 Å². The van der Waals surface area contributed by atoms with Gasteiger partial charge < -0.3 is 19.7 Å². The third-order valence-corrected chi connectivity index (χ3v) is 4.35. The fourth-order valence-corrected chi connectivity index (χ4v) is 3.23. The van der Waals surface area contributed by atoms with Crippen molar-refractivity contribution in [2.24, 2.45) is 5.92 Å². The van der Waals surface area contributed by atoms with E-state index in [-0.39, 0.29) is 5.91 Å². The fraction of sp³-hybridized carbons (Fsp3) is 0.533. The summed E-state index contributed by atoms with van der Waals surface area (Å²) in [6, 6.07) is 5.67. The van der Waals surface area contributed by atoms with Crippen molar-refractivity contribution in [2.45, 2.75) is 12.5 Å². The van der Waals surface area contributed by atoms with E-state index < -0.39 is 0 Å². The summed E-state index contributed by atoms with van der Waals surface area (Å²) >= 11 is 0. The molecule has 3 rings (SSSR count). The molecule has 2 heterocycles. The van der Waals surface area contributed by atoms with E-state index in [0.29, 0.717) is 29.0 Å². The third-order valence-electron chi connectivity index (χ3n) is 4.35. The SMILES string of the molecule is COc1ccc(C(=O)N2CC[C@H]3CNC[C@H]32)c(OC)c1. The quantitative estimate of drug-likeness (QED) is 0.899. The zero-order valence-electron chi connectivity index (χ0n) is 11.9. The number of ether oxygens (including phenoxy) is 2. The number of amides is 1. The van der Waals surface area contributed by atoms with Crippen LogP contribution in [0, 0.1) is 5.92 Å². The van der Waals surface area contributed by atoms with Crippen LogP contribution in [-0.2, 0) is 0 Å². The maximum atomic E-state index is 12.7. The molecule has 2 saturated heterocycles. The first kappa shape index (κ1) is 13.2. The number of likely N-dealkylation sites (tertiary alicyclic amines) is 1. The highest BCUT2D eigenvalue weighted by molar-refractivity contribution is 5.97. The van der Waals surface area contributed by atoms with Crippen molar-refractivity contribution in [3.05, 3.63) is 23.8 Å². The number of hydrogen-bond donors (Lipinski definition) is 1. The van der Waals surface area contributed by atoms with Crippen LogP contribution in [0.5, 0.6) is 11.5 Å². The van der Waals surface area contributed by atoms with Crippen LogP contribution in [0.15, 0.2) is 18.2 Å². The predicted molar refractivity (Wildman–Crippen MR) is 75.3 cm³/mol. The van der Waals surface area contributed by atoms with E-state index >= 15 is 0 Å². The average molecular weight is 276 g/mol. The average Bonchev–Trinajstić information content (AvgIpc) is 3.08. The van der Waals surface area contributed by atoms with Crippen molar-refractivity contribution in [2.75, 3.05) is 33.9 Å². The standard InChI is InChI=1S/C15H20N2O3/c1-19-11-3-4-12(14(7-11)20-2)15(18)17-6-5-10-8-16-9-13(10)17/h3-4,7,10,13,16H,5-6,8-9H2,1-2H3/t10-,13+/m0/s1. The summed E-state index contributed by atoms with van der Waals surface area (Å²) in [6.07, 6.45) is 1.09. The molecule has 0 bridgehead atoms. The van der Waals surface area contributed by atoms with E-state index in [1.807, 2.05) is 4.90 Å². The molecule has 0 aliphatic carbocycles. The maximum Gasteiger partial charge on any atom is 0.257 e. The molecular formula is C15H20N2O3. The van der Waals surface area contributed by atoms with Gasteiger partial charge in [-0.15, -0.1) is 0 Å². The van der Waals surface area contributed by atoms with Crippen LogP contribution < -0.4 is 14.8 Å². The minimum atomic E-state index is 0.0562. The normalized spacial score (nSPS) is 24.6. The Bertz CT molecular complexity index is 518.